The maximum atomic E-state index is 12.2. The third-order valence-corrected chi connectivity index (χ3v) is 3.36. The number of carbonyl (C=O) groups excluding carboxylic acids is 1. The molecule has 1 atom stereocenters. The van der Waals surface area contributed by atoms with Crippen LogP contribution in [0, 0.1) is 18.3 Å². The minimum atomic E-state index is -0.815. The summed E-state index contributed by atoms with van der Waals surface area (Å²) >= 11 is 1.47. The highest BCUT2D eigenvalue weighted by Gasteiger charge is 2.24. The molecule has 2 rings (SSSR count). The zero-order chi connectivity index (χ0) is 12.3. The second kappa shape index (κ2) is 4.89. The minimum absolute atomic E-state index is 0.176. The highest BCUT2D eigenvalue weighted by atomic mass is 32.1. The van der Waals surface area contributed by atoms with Crippen molar-refractivity contribution in [3.05, 3.63) is 52.0 Å². The van der Waals surface area contributed by atoms with Gasteiger partial charge >= 0.3 is 0 Å². The van der Waals surface area contributed by atoms with E-state index >= 15 is 0 Å². The normalized spacial score (nSPS) is 11.8. The van der Waals surface area contributed by atoms with E-state index in [9.17, 15) is 4.79 Å². The summed E-state index contributed by atoms with van der Waals surface area (Å²) in [4.78, 5) is 16.3. The van der Waals surface area contributed by atoms with Gasteiger partial charge in [0.15, 0.2) is 11.7 Å². The molecule has 0 radical (unpaired) electrons. The average Bonchev–Trinajstić information content (AvgIpc) is 2.77. The molecule has 0 amide bonds. The number of hydrogen-bond acceptors (Lipinski definition) is 4. The molecule has 1 unspecified atom stereocenters. The summed E-state index contributed by atoms with van der Waals surface area (Å²) in [5.41, 5.74) is 2.04. The van der Waals surface area contributed by atoms with Gasteiger partial charge in [-0.25, -0.2) is 0 Å². The fraction of sp³-hybridized carbons (Fsp3) is 0.154. The Balaban J connectivity index is 2.36. The molecule has 84 valence electrons. The van der Waals surface area contributed by atoms with E-state index in [0.717, 1.165) is 5.56 Å². The molecule has 0 N–H and O–H groups in total. The lowest BCUT2D eigenvalue weighted by Gasteiger charge is -2.06. The molecular formula is C13H10N2OS. The Morgan fingerprint density at radius 1 is 1.47 bits per heavy atom. The molecule has 2 aromatic rings. The quantitative estimate of drug-likeness (QED) is 0.777. The van der Waals surface area contributed by atoms with E-state index in [1.807, 2.05) is 18.4 Å². The lowest BCUT2D eigenvalue weighted by Crippen LogP contribution is -2.12. The summed E-state index contributed by atoms with van der Waals surface area (Å²) in [6, 6.07) is 7.27. The van der Waals surface area contributed by atoms with Crippen LogP contribution in [-0.2, 0) is 0 Å². The van der Waals surface area contributed by atoms with Gasteiger partial charge < -0.3 is 0 Å². The van der Waals surface area contributed by atoms with Gasteiger partial charge in [0.1, 0.15) is 0 Å². The first-order chi connectivity index (χ1) is 8.24. The van der Waals surface area contributed by atoms with Gasteiger partial charge in [0.05, 0.1) is 11.8 Å². The Labute approximate surface area is 103 Å². The van der Waals surface area contributed by atoms with Crippen LogP contribution in [0.2, 0.25) is 0 Å². The maximum Gasteiger partial charge on any atom is 0.187 e. The molecule has 4 heteroatoms. The van der Waals surface area contributed by atoms with Crippen molar-refractivity contribution in [2.45, 2.75) is 12.8 Å². The second-order valence-corrected chi connectivity index (χ2v) is 4.39. The van der Waals surface area contributed by atoms with Gasteiger partial charge in [-0.1, -0.05) is 6.07 Å². The van der Waals surface area contributed by atoms with E-state index in [0.29, 0.717) is 11.3 Å². The number of aromatic nitrogens is 1. The lowest BCUT2D eigenvalue weighted by molar-refractivity contribution is 0.0977. The lowest BCUT2D eigenvalue weighted by atomic mass is 9.95. The molecule has 17 heavy (non-hydrogen) atoms. The standard InChI is InChI=1S/C13H10N2OS/c1-9-7-17-8-11(9)13(16)10(6-14)12-4-2-3-5-15-12/h2-5,7-8,10H,1H3. The number of aryl methyl sites for hydroxylation is 1. The van der Waals surface area contributed by atoms with Crippen LogP contribution in [0.5, 0.6) is 0 Å². The average molecular weight is 242 g/mol. The van der Waals surface area contributed by atoms with Gasteiger partial charge in [-0.05, 0) is 30.0 Å². The predicted octanol–water partition coefficient (Wildman–Crippen LogP) is 2.94. The van der Waals surface area contributed by atoms with Crippen LogP contribution in [0.3, 0.4) is 0 Å². The molecule has 0 saturated carbocycles. The number of thiophene rings is 1. The van der Waals surface area contributed by atoms with Crippen LogP contribution in [0.15, 0.2) is 35.2 Å². The van der Waals surface area contributed by atoms with Crippen molar-refractivity contribution < 1.29 is 4.79 Å². The number of nitrogens with zero attached hydrogens (tertiary/aromatic N) is 2. The van der Waals surface area contributed by atoms with Gasteiger partial charge in [0, 0.05) is 17.1 Å². The van der Waals surface area contributed by atoms with E-state index in [-0.39, 0.29) is 5.78 Å². The molecular weight excluding hydrogens is 232 g/mol. The van der Waals surface area contributed by atoms with E-state index in [1.54, 1.807) is 29.8 Å². The molecule has 2 aromatic heterocycles. The fourth-order valence-corrected chi connectivity index (χ4v) is 2.41. The number of hydrogen-bond donors (Lipinski definition) is 0. The summed E-state index contributed by atoms with van der Waals surface area (Å²) in [5.74, 6) is -0.991. The first-order valence-electron chi connectivity index (χ1n) is 5.11. The largest absolute Gasteiger partial charge is 0.292 e. The molecule has 2 heterocycles. The van der Waals surface area contributed by atoms with Gasteiger partial charge in [-0.2, -0.15) is 16.6 Å². The fourth-order valence-electron chi connectivity index (χ4n) is 1.57. The highest BCUT2D eigenvalue weighted by Crippen LogP contribution is 2.23. The Bertz CT molecular complexity index is 569. The molecule has 0 aromatic carbocycles. The molecule has 0 aliphatic rings. The highest BCUT2D eigenvalue weighted by molar-refractivity contribution is 7.08. The summed E-state index contributed by atoms with van der Waals surface area (Å²) < 4.78 is 0. The first kappa shape index (κ1) is 11.5. The molecule has 0 aliphatic carbocycles. The van der Waals surface area contributed by atoms with Crippen molar-refractivity contribution >= 4 is 17.1 Å². The number of pyridine rings is 1. The number of Topliss-reactive ketones (excluding diaryl/α,β-unsaturated/α-hetero) is 1. The van der Waals surface area contributed by atoms with Crippen molar-refractivity contribution in [2.75, 3.05) is 0 Å². The summed E-state index contributed by atoms with van der Waals surface area (Å²) in [6.45, 7) is 1.87. The van der Waals surface area contributed by atoms with Crippen LogP contribution in [0.1, 0.15) is 27.5 Å². The van der Waals surface area contributed by atoms with Crippen LogP contribution >= 0.6 is 11.3 Å². The van der Waals surface area contributed by atoms with Gasteiger partial charge in [0.2, 0.25) is 0 Å². The number of carbonyl (C=O) groups is 1. The van der Waals surface area contributed by atoms with Crippen LogP contribution in [0.4, 0.5) is 0 Å². The number of rotatable bonds is 3. The SMILES string of the molecule is Cc1cscc1C(=O)C(C#N)c1ccccn1. The van der Waals surface area contributed by atoms with E-state index < -0.39 is 5.92 Å². The Morgan fingerprint density at radius 2 is 2.29 bits per heavy atom. The Morgan fingerprint density at radius 3 is 2.82 bits per heavy atom. The van der Waals surface area contributed by atoms with Crippen LogP contribution in [0.25, 0.3) is 0 Å². The zero-order valence-electron chi connectivity index (χ0n) is 9.25. The third-order valence-electron chi connectivity index (χ3n) is 2.50. The predicted molar refractivity (Wildman–Crippen MR) is 66.0 cm³/mol. The summed E-state index contributed by atoms with van der Waals surface area (Å²) in [5, 5.41) is 12.8. The topological polar surface area (TPSA) is 53.8 Å². The smallest absolute Gasteiger partial charge is 0.187 e. The Kier molecular flexibility index (Phi) is 3.31. The summed E-state index contributed by atoms with van der Waals surface area (Å²) in [6.07, 6.45) is 1.59. The zero-order valence-corrected chi connectivity index (χ0v) is 10.1. The second-order valence-electron chi connectivity index (χ2n) is 3.65. The Hall–Kier alpha value is -1.99. The van der Waals surface area contributed by atoms with Crippen molar-refractivity contribution in [1.82, 2.24) is 4.98 Å². The number of nitriles is 1. The molecule has 3 nitrogen and oxygen atoms in total. The van der Waals surface area contributed by atoms with Crippen molar-refractivity contribution in [1.29, 1.82) is 5.26 Å². The molecule has 0 fully saturated rings. The number of ketones is 1. The monoisotopic (exact) mass is 242 g/mol. The van der Waals surface area contributed by atoms with E-state index in [2.05, 4.69) is 4.98 Å². The van der Waals surface area contributed by atoms with Crippen molar-refractivity contribution in [2.24, 2.45) is 0 Å². The summed E-state index contributed by atoms with van der Waals surface area (Å²) in [7, 11) is 0. The maximum absolute atomic E-state index is 12.2. The first-order valence-corrected chi connectivity index (χ1v) is 6.06. The van der Waals surface area contributed by atoms with Crippen LogP contribution in [-0.4, -0.2) is 10.8 Å². The molecule has 0 spiro atoms. The van der Waals surface area contributed by atoms with Gasteiger partial charge in [-0.15, -0.1) is 0 Å². The van der Waals surface area contributed by atoms with Crippen molar-refractivity contribution in [3.63, 3.8) is 0 Å². The third kappa shape index (κ3) is 2.24. The molecule has 0 saturated heterocycles. The van der Waals surface area contributed by atoms with Gasteiger partial charge in [0.25, 0.3) is 0 Å². The van der Waals surface area contributed by atoms with E-state index in [4.69, 9.17) is 5.26 Å². The van der Waals surface area contributed by atoms with E-state index in [1.165, 1.54) is 11.3 Å². The molecule has 0 aliphatic heterocycles. The minimum Gasteiger partial charge on any atom is -0.292 e. The van der Waals surface area contributed by atoms with Crippen LogP contribution < -0.4 is 0 Å². The molecule has 0 bridgehead atoms. The van der Waals surface area contributed by atoms with Gasteiger partial charge in [-0.3, -0.25) is 9.78 Å². The van der Waals surface area contributed by atoms with Crippen molar-refractivity contribution in [3.8, 4) is 6.07 Å².